The molecule has 1 aromatic rings. The average Bonchev–Trinajstić information content (AvgIpc) is 2.26. The summed E-state index contributed by atoms with van der Waals surface area (Å²) < 4.78 is 5.57. The highest BCUT2D eigenvalue weighted by atomic mass is 16.5. The molecule has 1 N–H and O–H groups in total. The van der Waals surface area contributed by atoms with Crippen LogP contribution in [0.5, 0.6) is 5.75 Å². The number of hydrogen-bond donors (Lipinski definition) is 1. The minimum absolute atomic E-state index is 0.313. The normalized spacial score (nSPS) is 10.1. The van der Waals surface area contributed by atoms with Gasteiger partial charge in [0.05, 0.1) is 12.2 Å². The maximum Gasteiger partial charge on any atom is 0.336 e. The van der Waals surface area contributed by atoms with Gasteiger partial charge in [0, 0.05) is 5.56 Å². The Morgan fingerprint density at radius 2 is 2.12 bits per heavy atom. The first-order valence-electron chi connectivity index (χ1n) is 5.62. The van der Waals surface area contributed by atoms with Crippen LogP contribution in [0.4, 0.5) is 0 Å². The summed E-state index contributed by atoms with van der Waals surface area (Å²) in [5, 5.41) is 8.94. The van der Waals surface area contributed by atoms with Crippen LogP contribution < -0.4 is 4.74 Å². The summed E-state index contributed by atoms with van der Waals surface area (Å²) in [5.74, 6) is -0.229. The number of benzene rings is 1. The molecule has 0 unspecified atom stereocenters. The van der Waals surface area contributed by atoms with Crippen molar-refractivity contribution in [3.8, 4) is 5.75 Å². The molecular formula is C13H18O3. The van der Waals surface area contributed by atoms with Gasteiger partial charge in [0.2, 0.25) is 0 Å². The molecule has 0 saturated carbocycles. The molecule has 0 heterocycles. The van der Waals surface area contributed by atoms with E-state index in [0.29, 0.717) is 23.5 Å². The Balaban J connectivity index is 2.66. The smallest absolute Gasteiger partial charge is 0.336 e. The van der Waals surface area contributed by atoms with Gasteiger partial charge in [0.15, 0.2) is 0 Å². The lowest BCUT2D eigenvalue weighted by Gasteiger charge is -2.10. The van der Waals surface area contributed by atoms with Crippen molar-refractivity contribution in [3.63, 3.8) is 0 Å². The second-order valence-electron chi connectivity index (χ2n) is 3.79. The Morgan fingerprint density at radius 3 is 2.75 bits per heavy atom. The topological polar surface area (TPSA) is 46.5 Å². The Hall–Kier alpha value is -1.51. The SMILES string of the molecule is CCCCCOc1cccc(C(=O)O)c1C. The van der Waals surface area contributed by atoms with Gasteiger partial charge in [-0.25, -0.2) is 4.79 Å². The van der Waals surface area contributed by atoms with Crippen LogP contribution in [0.15, 0.2) is 18.2 Å². The first-order chi connectivity index (χ1) is 7.66. The van der Waals surface area contributed by atoms with Crippen LogP contribution in [0.2, 0.25) is 0 Å². The highest BCUT2D eigenvalue weighted by Crippen LogP contribution is 2.21. The lowest BCUT2D eigenvalue weighted by Crippen LogP contribution is -2.04. The van der Waals surface area contributed by atoms with E-state index in [9.17, 15) is 4.79 Å². The molecule has 3 nitrogen and oxygen atoms in total. The van der Waals surface area contributed by atoms with Gasteiger partial charge in [-0.1, -0.05) is 25.8 Å². The highest BCUT2D eigenvalue weighted by molar-refractivity contribution is 5.90. The molecule has 0 bridgehead atoms. The van der Waals surface area contributed by atoms with Crippen LogP contribution in [-0.4, -0.2) is 17.7 Å². The summed E-state index contributed by atoms with van der Waals surface area (Å²) >= 11 is 0. The number of hydrogen-bond acceptors (Lipinski definition) is 2. The number of carboxylic acid groups (broad SMARTS) is 1. The second kappa shape index (κ2) is 6.16. The fourth-order valence-corrected chi connectivity index (χ4v) is 1.54. The molecule has 0 amide bonds. The van der Waals surface area contributed by atoms with Crippen LogP contribution >= 0.6 is 0 Å². The Kier molecular flexibility index (Phi) is 4.83. The zero-order valence-electron chi connectivity index (χ0n) is 9.82. The molecule has 1 rings (SSSR count). The third-order valence-electron chi connectivity index (χ3n) is 2.52. The molecule has 0 atom stereocenters. The summed E-state index contributed by atoms with van der Waals surface area (Å²) in [7, 11) is 0. The Bertz CT molecular complexity index is 358. The number of rotatable bonds is 6. The third-order valence-corrected chi connectivity index (χ3v) is 2.52. The molecule has 0 aromatic heterocycles. The molecule has 0 radical (unpaired) electrons. The van der Waals surface area contributed by atoms with Gasteiger partial charge >= 0.3 is 5.97 Å². The van der Waals surface area contributed by atoms with Crippen molar-refractivity contribution >= 4 is 5.97 Å². The lowest BCUT2D eigenvalue weighted by atomic mass is 10.1. The van der Waals surface area contributed by atoms with Gasteiger partial charge in [0.25, 0.3) is 0 Å². The molecule has 1 aromatic carbocycles. The van der Waals surface area contributed by atoms with Gasteiger partial charge < -0.3 is 9.84 Å². The molecule has 0 aliphatic rings. The molecule has 16 heavy (non-hydrogen) atoms. The van der Waals surface area contributed by atoms with E-state index < -0.39 is 5.97 Å². The molecule has 0 spiro atoms. The minimum Gasteiger partial charge on any atom is -0.493 e. The summed E-state index contributed by atoms with van der Waals surface area (Å²) in [6.07, 6.45) is 3.29. The van der Waals surface area contributed by atoms with Crippen molar-refractivity contribution in [2.45, 2.75) is 33.1 Å². The van der Waals surface area contributed by atoms with Gasteiger partial charge in [-0.3, -0.25) is 0 Å². The van der Waals surface area contributed by atoms with Crippen LogP contribution in [-0.2, 0) is 0 Å². The zero-order chi connectivity index (χ0) is 12.0. The fraction of sp³-hybridized carbons (Fsp3) is 0.462. The number of carbonyl (C=O) groups is 1. The summed E-state index contributed by atoms with van der Waals surface area (Å²) in [6, 6.07) is 5.12. The van der Waals surface area contributed by atoms with E-state index >= 15 is 0 Å². The van der Waals surface area contributed by atoms with Crippen LogP contribution in [0.25, 0.3) is 0 Å². The van der Waals surface area contributed by atoms with E-state index in [1.165, 1.54) is 0 Å². The van der Waals surface area contributed by atoms with Gasteiger partial charge in [-0.2, -0.15) is 0 Å². The fourth-order valence-electron chi connectivity index (χ4n) is 1.54. The average molecular weight is 222 g/mol. The molecule has 0 saturated heterocycles. The number of ether oxygens (including phenoxy) is 1. The first-order valence-corrected chi connectivity index (χ1v) is 5.62. The van der Waals surface area contributed by atoms with Crippen molar-refractivity contribution in [3.05, 3.63) is 29.3 Å². The van der Waals surface area contributed by atoms with Crippen molar-refractivity contribution in [1.82, 2.24) is 0 Å². The van der Waals surface area contributed by atoms with Crippen LogP contribution in [0, 0.1) is 6.92 Å². The minimum atomic E-state index is -0.906. The maximum absolute atomic E-state index is 10.9. The largest absolute Gasteiger partial charge is 0.493 e. The first kappa shape index (κ1) is 12.6. The summed E-state index contributed by atoms with van der Waals surface area (Å²) in [6.45, 7) is 4.56. The van der Waals surface area contributed by atoms with Gasteiger partial charge in [-0.15, -0.1) is 0 Å². The second-order valence-corrected chi connectivity index (χ2v) is 3.79. The Labute approximate surface area is 96.1 Å². The van der Waals surface area contributed by atoms with E-state index in [4.69, 9.17) is 9.84 Å². The Morgan fingerprint density at radius 1 is 1.38 bits per heavy atom. The molecule has 0 fully saturated rings. The van der Waals surface area contributed by atoms with Crippen molar-refractivity contribution in [1.29, 1.82) is 0 Å². The highest BCUT2D eigenvalue weighted by Gasteiger charge is 2.10. The maximum atomic E-state index is 10.9. The quantitative estimate of drug-likeness (QED) is 0.751. The van der Waals surface area contributed by atoms with E-state index in [2.05, 4.69) is 6.92 Å². The van der Waals surface area contributed by atoms with Crippen molar-refractivity contribution < 1.29 is 14.6 Å². The van der Waals surface area contributed by atoms with Crippen LogP contribution in [0.3, 0.4) is 0 Å². The lowest BCUT2D eigenvalue weighted by molar-refractivity contribution is 0.0695. The van der Waals surface area contributed by atoms with Crippen LogP contribution in [0.1, 0.15) is 42.1 Å². The predicted octanol–water partition coefficient (Wildman–Crippen LogP) is 3.26. The third kappa shape index (κ3) is 3.26. The van der Waals surface area contributed by atoms with Crippen molar-refractivity contribution in [2.24, 2.45) is 0 Å². The van der Waals surface area contributed by atoms with Gasteiger partial charge in [-0.05, 0) is 25.5 Å². The van der Waals surface area contributed by atoms with E-state index in [0.717, 1.165) is 19.3 Å². The summed E-state index contributed by atoms with van der Waals surface area (Å²) in [5.41, 5.74) is 1.01. The summed E-state index contributed by atoms with van der Waals surface area (Å²) in [4.78, 5) is 10.9. The number of unbranched alkanes of at least 4 members (excludes halogenated alkanes) is 2. The standard InChI is InChI=1S/C13H18O3/c1-3-4-5-9-16-12-8-6-7-11(10(12)2)13(14)15/h6-8H,3-5,9H2,1-2H3,(H,14,15). The predicted molar refractivity (Wildman–Crippen MR) is 63.2 cm³/mol. The number of carboxylic acids is 1. The molecule has 3 heteroatoms. The monoisotopic (exact) mass is 222 g/mol. The van der Waals surface area contributed by atoms with E-state index in [-0.39, 0.29) is 0 Å². The van der Waals surface area contributed by atoms with Crippen molar-refractivity contribution in [2.75, 3.05) is 6.61 Å². The van der Waals surface area contributed by atoms with Gasteiger partial charge in [0.1, 0.15) is 5.75 Å². The number of aromatic carboxylic acids is 1. The molecule has 88 valence electrons. The molecule has 0 aliphatic carbocycles. The van der Waals surface area contributed by atoms with E-state index in [1.54, 1.807) is 19.1 Å². The molecule has 0 aliphatic heterocycles. The van der Waals surface area contributed by atoms with E-state index in [1.807, 2.05) is 6.07 Å². The molecular weight excluding hydrogens is 204 g/mol. The zero-order valence-corrected chi connectivity index (χ0v) is 9.82.